The fourth-order valence-corrected chi connectivity index (χ4v) is 2.55. The van der Waals surface area contributed by atoms with Crippen molar-refractivity contribution < 1.29 is 14.3 Å². The molecule has 20 heavy (non-hydrogen) atoms. The van der Waals surface area contributed by atoms with Gasteiger partial charge in [-0.1, -0.05) is 0 Å². The van der Waals surface area contributed by atoms with E-state index in [0.29, 0.717) is 18.7 Å². The van der Waals surface area contributed by atoms with Gasteiger partial charge in [0, 0.05) is 18.7 Å². The Morgan fingerprint density at radius 3 is 2.95 bits per heavy atom. The van der Waals surface area contributed by atoms with Crippen LogP contribution < -0.4 is 4.74 Å². The second-order valence-electron chi connectivity index (χ2n) is 4.88. The average Bonchev–Trinajstić information content (AvgIpc) is 2.94. The molecule has 1 unspecified atom stereocenters. The number of carbonyl (C=O) groups is 1. The third-order valence-corrected chi connectivity index (χ3v) is 3.61. The smallest absolute Gasteiger partial charge is 0.310 e. The van der Waals surface area contributed by atoms with E-state index in [-0.39, 0.29) is 11.9 Å². The fourth-order valence-electron chi connectivity index (χ4n) is 2.55. The van der Waals surface area contributed by atoms with Crippen LogP contribution in [0.4, 0.5) is 0 Å². The van der Waals surface area contributed by atoms with Crippen LogP contribution in [0, 0.1) is 17.2 Å². The van der Waals surface area contributed by atoms with Crippen LogP contribution in [0.5, 0.6) is 5.75 Å². The van der Waals surface area contributed by atoms with Crippen molar-refractivity contribution in [3.63, 3.8) is 0 Å². The molecule has 0 saturated carbocycles. The third-order valence-electron chi connectivity index (χ3n) is 3.61. The molecule has 0 aromatic heterocycles. The van der Waals surface area contributed by atoms with Gasteiger partial charge in [-0.05, 0) is 31.2 Å². The zero-order valence-corrected chi connectivity index (χ0v) is 11.8. The Kier molecular flexibility index (Phi) is 4.59. The van der Waals surface area contributed by atoms with E-state index in [0.717, 1.165) is 24.3 Å². The first kappa shape index (κ1) is 14.4. The maximum atomic E-state index is 11.5. The number of nitriles is 1. The number of methoxy groups -OCH3 is 2. The van der Waals surface area contributed by atoms with Gasteiger partial charge in [0.2, 0.25) is 0 Å². The minimum absolute atomic E-state index is 0.0508. The van der Waals surface area contributed by atoms with Crippen molar-refractivity contribution in [3.05, 3.63) is 29.3 Å². The van der Waals surface area contributed by atoms with Crippen molar-refractivity contribution in [2.45, 2.75) is 13.0 Å². The van der Waals surface area contributed by atoms with Crippen LogP contribution >= 0.6 is 0 Å². The van der Waals surface area contributed by atoms with E-state index in [4.69, 9.17) is 14.7 Å². The Balaban J connectivity index is 2.07. The Bertz CT molecular complexity index is 536. The van der Waals surface area contributed by atoms with Gasteiger partial charge in [-0.2, -0.15) is 5.26 Å². The van der Waals surface area contributed by atoms with Crippen molar-refractivity contribution in [1.82, 2.24) is 4.90 Å². The van der Waals surface area contributed by atoms with Crippen LogP contribution in [0.2, 0.25) is 0 Å². The molecule has 5 nitrogen and oxygen atoms in total. The highest BCUT2D eigenvalue weighted by molar-refractivity contribution is 5.72. The molecule has 1 aliphatic heterocycles. The van der Waals surface area contributed by atoms with Gasteiger partial charge in [-0.15, -0.1) is 0 Å². The summed E-state index contributed by atoms with van der Waals surface area (Å²) in [6.45, 7) is 2.21. The number of hydrogen-bond donors (Lipinski definition) is 0. The zero-order valence-electron chi connectivity index (χ0n) is 11.8. The van der Waals surface area contributed by atoms with Crippen LogP contribution in [-0.4, -0.2) is 38.2 Å². The molecule has 1 aliphatic rings. The summed E-state index contributed by atoms with van der Waals surface area (Å²) in [7, 11) is 3.04. The van der Waals surface area contributed by atoms with Crippen molar-refractivity contribution in [2.24, 2.45) is 5.92 Å². The topological polar surface area (TPSA) is 62.6 Å². The van der Waals surface area contributed by atoms with Gasteiger partial charge in [0.15, 0.2) is 0 Å². The Morgan fingerprint density at radius 2 is 2.30 bits per heavy atom. The van der Waals surface area contributed by atoms with Gasteiger partial charge < -0.3 is 9.47 Å². The molecule has 1 saturated heterocycles. The molecule has 106 valence electrons. The second-order valence-corrected chi connectivity index (χ2v) is 4.88. The summed E-state index contributed by atoms with van der Waals surface area (Å²) in [4.78, 5) is 13.7. The maximum absolute atomic E-state index is 11.5. The lowest BCUT2D eigenvalue weighted by Gasteiger charge is -2.17. The zero-order chi connectivity index (χ0) is 14.5. The summed E-state index contributed by atoms with van der Waals surface area (Å²) in [5.74, 6) is 0.570. The molecule has 0 amide bonds. The molecular formula is C15H18N2O3. The number of benzene rings is 1. The molecular weight excluding hydrogens is 256 g/mol. The fraction of sp³-hybridized carbons (Fsp3) is 0.467. The first-order valence-electron chi connectivity index (χ1n) is 6.55. The number of ether oxygens (including phenoxy) is 2. The monoisotopic (exact) mass is 274 g/mol. The van der Waals surface area contributed by atoms with Crippen molar-refractivity contribution in [2.75, 3.05) is 27.3 Å². The number of nitrogens with zero attached hydrogens (tertiary/aromatic N) is 2. The van der Waals surface area contributed by atoms with E-state index in [1.54, 1.807) is 13.2 Å². The summed E-state index contributed by atoms with van der Waals surface area (Å²) in [6, 6.07) is 7.52. The average molecular weight is 274 g/mol. The molecule has 1 atom stereocenters. The predicted molar refractivity (Wildman–Crippen MR) is 73.1 cm³/mol. The molecule has 0 bridgehead atoms. The molecule has 1 heterocycles. The predicted octanol–water partition coefficient (Wildman–Crippen LogP) is 1.56. The number of rotatable bonds is 4. The highest BCUT2D eigenvalue weighted by atomic mass is 16.5. The summed E-state index contributed by atoms with van der Waals surface area (Å²) >= 11 is 0. The maximum Gasteiger partial charge on any atom is 0.310 e. The van der Waals surface area contributed by atoms with Gasteiger partial charge in [-0.3, -0.25) is 9.69 Å². The lowest BCUT2D eigenvalue weighted by molar-refractivity contribution is -0.144. The SMILES string of the molecule is COC(=O)C1CCN(Cc2cc(C#N)ccc2OC)C1. The largest absolute Gasteiger partial charge is 0.496 e. The molecule has 1 aromatic rings. The summed E-state index contributed by atoms with van der Waals surface area (Å²) in [6.07, 6.45) is 0.812. The number of carbonyl (C=O) groups excluding carboxylic acids is 1. The van der Waals surface area contributed by atoms with Crippen LogP contribution in [0.3, 0.4) is 0 Å². The summed E-state index contributed by atoms with van der Waals surface area (Å²) in [5, 5.41) is 8.97. The Labute approximate surface area is 118 Å². The van der Waals surface area contributed by atoms with E-state index in [1.165, 1.54) is 7.11 Å². The molecule has 1 fully saturated rings. The van der Waals surface area contributed by atoms with Crippen molar-refractivity contribution in [3.8, 4) is 11.8 Å². The highest BCUT2D eigenvalue weighted by Crippen LogP contribution is 2.25. The summed E-state index contributed by atoms with van der Waals surface area (Å²) < 4.78 is 10.1. The van der Waals surface area contributed by atoms with Gasteiger partial charge in [-0.25, -0.2) is 0 Å². The molecule has 0 spiro atoms. The van der Waals surface area contributed by atoms with E-state index in [1.807, 2.05) is 12.1 Å². The van der Waals surface area contributed by atoms with Gasteiger partial charge >= 0.3 is 5.97 Å². The first-order valence-corrected chi connectivity index (χ1v) is 6.55. The van der Waals surface area contributed by atoms with Crippen LogP contribution in [0.1, 0.15) is 17.5 Å². The van der Waals surface area contributed by atoms with Crippen LogP contribution in [0.25, 0.3) is 0 Å². The van der Waals surface area contributed by atoms with Crippen LogP contribution in [-0.2, 0) is 16.1 Å². The minimum atomic E-state index is -0.148. The summed E-state index contributed by atoms with van der Waals surface area (Å²) in [5.41, 5.74) is 1.58. The molecule has 2 rings (SSSR count). The van der Waals surface area contributed by atoms with Gasteiger partial charge in [0.1, 0.15) is 5.75 Å². The van der Waals surface area contributed by atoms with Crippen molar-refractivity contribution >= 4 is 5.97 Å². The third kappa shape index (κ3) is 3.09. The van der Waals surface area contributed by atoms with Crippen LogP contribution in [0.15, 0.2) is 18.2 Å². The van der Waals surface area contributed by atoms with E-state index < -0.39 is 0 Å². The first-order chi connectivity index (χ1) is 9.67. The Morgan fingerprint density at radius 1 is 1.50 bits per heavy atom. The van der Waals surface area contributed by atoms with E-state index >= 15 is 0 Å². The lowest BCUT2D eigenvalue weighted by atomic mass is 10.1. The normalized spacial score (nSPS) is 18.6. The van der Waals surface area contributed by atoms with Crippen molar-refractivity contribution in [1.29, 1.82) is 5.26 Å². The number of esters is 1. The second kappa shape index (κ2) is 6.40. The number of likely N-dealkylation sites (tertiary alicyclic amines) is 1. The quantitative estimate of drug-likeness (QED) is 0.780. The van der Waals surface area contributed by atoms with Gasteiger partial charge in [0.05, 0.1) is 31.8 Å². The molecule has 5 heteroatoms. The molecule has 0 N–H and O–H groups in total. The molecule has 0 aliphatic carbocycles. The van der Waals surface area contributed by atoms with E-state index in [2.05, 4.69) is 11.0 Å². The number of hydrogen-bond acceptors (Lipinski definition) is 5. The molecule has 1 aromatic carbocycles. The highest BCUT2D eigenvalue weighted by Gasteiger charge is 2.29. The minimum Gasteiger partial charge on any atom is -0.496 e. The molecule has 0 radical (unpaired) electrons. The lowest BCUT2D eigenvalue weighted by Crippen LogP contribution is -2.23. The van der Waals surface area contributed by atoms with Gasteiger partial charge in [0.25, 0.3) is 0 Å². The Hall–Kier alpha value is -2.06. The standard InChI is InChI=1S/C15H18N2O3/c1-19-14-4-3-11(8-16)7-13(14)10-17-6-5-12(9-17)15(18)20-2/h3-4,7,12H,5-6,9-10H2,1-2H3. The van der Waals surface area contributed by atoms with E-state index in [9.17, 15) is 4.79 Å².